The van der Waals surface area contributed by atoms with Crippen molar-refractivity contribution in [1.29, 1.82) is 0 Å². The lowest BCUT2D eigenvalue weighted by Crippen LogP contribution is -1.95. The summed E-state index contributed by atoms with van der Waals surface area (Å²) in [7, 11) is 0. The van der Waals surface area contributed by atoms with Crippen molar-refractivity contribution in [3.05, 3.63) is 255 Å². The van der Waals surface area contributed by atoms with Crippen molar-refractivity contribution in [1.82, 2.24) is 9.38 Å². The molecule has 0 spiro atoms. The number of nitrogens with zero attached hydrogens (tertiary/aromatic N) is 2. The molecule has 14 aromatic rings. The molecule has 0 radical (unpaired) electrons. The summed E-state index contributed by atoms with van der Waals surface area (Å²) < 4.78 is 2.30. The molecule has 0 aliphatic heterocycles. The predicted molar refractivity (Wildman–Crippen MR) is 293 cm³/mol. The fraction of sp³-hybridized carbons (Fsp3) is 0. The van der Waals surface area contributed by atoms with Gasteiger partial charge in [0.15, 0.2) is 0 Å². The van der Waals surface area contributed by atoms with E-state index in [-0.39, 0.29) is 0 Å². The van der Waals surface area contributed by atoms with Crippen LogP contribution in [0.4, 0.5) is 0 Å². The zero-order chi connectivity index (χ0) is 45.4. The van der Waals surface area contributed by atoms with E-state index in [0.717, 1.165) is 33.4 Å². The highest BCUT2D eigenvalue weighted by Crippen LogP contribution is 2.50. The quantitative estimate of drug-likeness (QED) is 0.152. The second-order valence-corrected chi connectivity index (χ2v) is 18.1. The number of benzene rings is 12. The Morgan fingerprint density at radius 1 is 0.232 bits per heavy atom. The molecular weight excluding hydrogens is 833 g/mol. The highest BCUT2D eigenvalue weighted by atomic mass is 15.0. The zero-order valence-corrected chi connectivity index (χ0v) is 37.6. The summed E-state index contributed by atoms with van der Waals surface area (Å²) in [5, 5.41) is 12.2. The maximum atomic E-state index is 5.59. The van der Waals surface area contributed by atoms with Gasteiger partial charge in [0.2, 0.25) is 0 Å². The van der Waals surface area contributed by atoms with Gasteiger partial charge in [-0.05, 0) is 134 Å². The molecule has 69 heavy (non-hydrogen) atoms. The van der Waals surface area contributed by atoms with Crippen LogP contribution in [0.2, 0.25) is 0 Å². The van der Waals surface area contributed by atoms with Gasteiger partial charge < -0.3 is 0 Å². The summed E-state index contributed by atoms with van der Waals surface area (Å²) in [6.45, 7) is 0. The zero-order valence-electron chi connectivity index (χ0n) is 37.6. The molecule has 0 N–H and O–H groups in total. The van der Waals surface area contributed by atoms with Gasteiger partial charge >= 0.3 is 0 Å². The van der Waals surface area contributed by atoms with Crippen LogP contribution in [0.3, 0.4) is 0 Å². The molecule has 0 unspecified atom stereocenters. The van der Waals surface area contributed by atoms with Crippen molar-refractivity contribution >= 4 is 70.5 Å². The van der Waals surface area contributed by atoms with Gasteiger partial charge in [0.05, 0.1) is 11.0 Å². The summed E-state index contributed by atoms with van der Waals surface area (Å²) in [5.41, 5.74) is 17.4. The summed E-state index contributed by atoms with van der Waals surface area (Å²) in [6, 6.07) is 91.0. The number of aromatic nitrogens is 2. The minimum atomic E-state index is 0.913. The molecular formula is C67H42N2. The second kappa shape index (κ2) is 15.8. The third kappa shape index (κ3) is 6.09. The summed E-state index contributed by atoms with van der Waals surface area (Å²) >= 11 is 0. The normalized spacial score (nSPS) is 11.8. The van der Waals surface area contributed by atoms with Gasteiger partial charge in [0, 0.05) is 17.3 Å². The minimum absolute atomic E-state index is 0.913. The fourth-order valence-electron chi connectivity index (χ4n) is 11.5. The Bertz CT molecular complexity index is 4330. The van der Waals surface area contributed by atoms with Crippen LogP contribution < -0.4 is 0 Å². The molecule has 2 aromatic heterocycles. The van der Waals surface area contributed by atoms with Gasteiger partial charge in [-0.25, -0.2) is 4.98 Å². The average Bonchev–Trinajstić information content (AvgIpc) is 3.80. The van der Waals surface area contributed by atoms with Crippen molar-refractivity contribution < 1.29 is 0 Å². The molecule has 12 aromatic carbocycles. The Morgan fingerprint density at radius 3 is 0.971 bits per heavy atom. The van der Waals surface area contributed by atoms with Crippen molar-refractivity contribution in [3.63, 3.8) is 0 Å². The van der Waals surface area contributed by atoms with Crippen LogP contribution >= 0.6 is 0 Å². The third-order valence-corrected chi connectivity index (χ3v) is 14.3. The topological polar surface area (TPSA) is 17.3 Å². The van der Waals surface area contributed by atoms with Gasteiger partial charge in [-0.3, -0.25) is 4.40 Å². The molecule has 0 amide bonds. The van der Waals surface area contributed by atoms with E-state index in [0.29, 0.717) is 0 Å². The standard InChI is InChI=1S/C67H42N2/c1-5-21-43(22-6-1)60-49-29-13-15-31-51(49)62(45-25-9-3-10-26-45)57-41-47(36-38-55(57)60)64-53-33-17-18-34-54(53)65(67-66(64)68-59-35-19-20-40-69(59)67)48-37-39-56-58(42-48)63(46-27-11-4-12-28-46)52-32-16-14-30-50(52)61(56)44-23-7-2-8-24-44/h1-42H. The second-order valence-electron chi connectivity index (χ2n) is 18.1. The molecule has 0 atom stereocenters. The van der Waals surface area contributed by atoms with Gasteiger partial charge in [-0.15, -0.1) is 0 Å². The summed E-state index contributed by atoms with van der Waals surface area (Å²) in [6.07, 6.45) is 2.18. The van der Waals surface area contributed by atoms with E-state index in [1.54, 1.807) is 0 Å². The van der Waals surface area contributed by atoms with Crippen molar-refractivity contribution in [2.75, 3.05) is 0 Å². The molecule has 0 aliphatic rings. The predicted octanol–water partition coefficient (Wildman–Crippen LogP) is 18.3. The maximum Gasteiger partial charge on any atom is 0.137 e. The van der Waals surface area contributed by atoms with E-state index in [9.17, 15) is 0 Å². The Kier molecular flexibility index (Phi) is 8.93. The largest absolute Gasteiger partial charge is 0.299 e. The van der Waals surface area contributed by atoms with E-state index in [1.165, 1.54) is 104 Å². The lowest BCUT2D eigenvalue weighted by molar-refractivity contribution is 1.23. The Balaban J connectivity index is 1.10. The lowest BCUT2D eigenvalue weighted by Gasteiger charge is -2.20. The molecule has 0 bridgehead atoms. The molecule has 2 heterocycles. The highest BCUT2D eigenvalue weighted by Gasteiger charge is 2.25. The minimum Gasteiger partial charge on any atom is -0.299 e. The van der Waals surface area contributed by atoms with Crippen molar-refractivity contribution in [2.45, 2.75) is 0 Å². The van der Waals surface area contributed by atoms with Crippen LogP contribution in [-0.4, -0.2) is 9.38 Å². The first-order chi connectivity index (χ1) is 34.3. The fourth-order valence-corrected chi connectivity index (χ4v) is 11.5. The summed E-state index contributed by atoms with van der Waals surface area (Å²) in [5.74, 6) is 0. The van der Waals surface area contributed by atoms with Gasteiger partial charge in [-0.1, -0.05) is 224 Å². The van der Waals surface area contributed by atoms with Crippen LogP contribution in [0.15, 0.2) is 255 Å². The Hall–Kier alpha value is -9.11. The molecule has 0 aliphatic carbocycles. The SMILES string of the molecule is c1ccc(-c2c3ccccc3c(-c3ccccc3)c3cc(-c4c5ccccc5c(-c5ccc6c(-c7ccccc7)c7ccccc7c(-c7ccccc7)c6c5)c5c4nc4ccccn45)ccc23)cc1. The number of hydrogen-bond donors (Lipinski definition) is 0. The van der Waals surface area contributed by atoms with Crippen LogP contribution in [0.25, 0.3) is 137 Å². The molecule has 320 valence electrons. The number of pyridine rings is 1. The molecule has 14 rings (SSSR count). The third-order valence-electron chi connectivity index (χ3n) is 14.3. The maximum absolute atomic E-state index is 5.59. The van der Waals surface area contributed by atoms with Gasteiger partial charge in [0.1, 0.15) is 5.65 Å². The molecule has 2 heteroatoms. The van der Waals surface area contributed by atoms with Crippen molar-refractivity contribution in [3.8, 4) is 66.8 Å². The first kappa shape index (κ1) is 39.1. The summed E-state index contributed by atoms with van der Waals surface area (Å²) in [4.78, 5) is 5.59. The monoisotopic (exact) mass is 874 g/mol. The number of imidazole rings is 1. The van der Waals surface area contributed by atoms with E-state index < -0.39 is 0 Å². The molecule has 0 saturated heterocycles. The van der Waals surface area contributed by atoms with Crippen LogP contribution in [0, 0.1) is 0 Å². The van der Waals surface area contributed by atoms with Crippen LogP contribution in [0.5, 0.6) is 0 Å². The lowest BCUT2D eigenvalue weighted by atomic mass is 9.83. The van der Waals surface area contributed by atoms with E-state index in [2.05, 4.69) is 259 Å². The Labute approximate surface area is 399 Å². The average molecular weight is 875 g/mol. The number of rotatable bonds is 6. The molecule has 2 nitrogen and oxygen atoms in total. The van der Waals surface area contributed by atoms with E-state index >= 15 is 0 Å². The van der Waals surface area contributed by atoms with Crippen LogP contribution in [-0.2, 0) is 0 Å². The molecule has 0 fully saturated rings. The number of fused-ring (bicyclic) bond motifs is 8. The van der Waals surface area contributed by atoms with Gasteiger partial charge in [-0.2, -0.15) is 0 Å². The van der Waals surface area contributed by atoms with E-state index in [4.69, 9.17) is 4.98 Å². The Morgan fingerprint density at radius 2 is 0.551 bits per heavy atom. The first-order valence-electron chi connectivity index (χ1n) is 23.8. The first-order valence-corrected chi connectivity index (χ1v) is 23.8. The highest BCUT2D eigenvalue weighted by molar-refractivity contribution is 6.26. The smallest absolute Gasteiger partial charge is 0.137 e. The van der Waals surface area contributed by atoms with Crippen molar-refractivity contribution in [2.24, 2.45) is 0 Å². The van der Waals surface area contributed by atoms with Crippen LogP contribution in [0.1, 0.15) is 0 Å². The van der Waals surface area contributed by atoms with E-state index in [1.807, 2.05) is 0 Å². The number of hydrogen-bond acceptors (Lipinski definition) is 1. The van der Waals surface area contributed by atoms with Gasteiger partial charge in [0.25, 0.3) is 0 Å². The molecule has 0 saturated carbocycles.